The van der Waals surface area contributed by atoms with Gasteiger partial charge >= 0.3 is 5.97 Å². The van der Waals surface area contributed by atoms with Crippen molar-refractivity contribution in [2.45, 2.75) is 39.3 Å². The maximum atomic E-state index is 11.9. The minimum atomic E-state index is -0.858. The lowest BCUT2D eigenvalue weighted by Gasteiger charge is -2.38. The van der Waals surface area contributed by atoms with Crippen LogP contribution in [0.1, 0.15) is 27.7 Å². The van der Waals surface area contributed by atoms with Gasteiger partial charge in [-0.2, -0.15) is 0 Å². The molecule has 2 N–H and O–H groups in total. The van der Waals surface area contributed by atoms with E-state index >= 15 is 0 Å². The molecule has 1 fully saturated rings. The van der Waals surface area contributed by atoms with Crippen LogP contribution in [0.2, 0.25) is 0 Å². The average molecular weight is 228 g/mol. The monoisotopic (exact) mass is 228 g/mol. The lowest BCUT2D eigenvalue weighted by atomic mass is 9.99. The second kappa shape index (κ2) is 4.41. The lowest BCUT2D eigenvalue weighted by Crippen LogP contribution is -2.55. The fourth-order valence-electron chi connectivity index (χ4n) is 2.11. The first-order chi connectivity index (χ1) is 7.26. The van der Waals surface area contributed by atoms with Crippen molar-refractivity contribution in [3.8, 4) is 0 Å². The summed E-state index contributed by atoms with van der Waals surface area (Å²) in [5, 5.41) is 11.7. The Kier molecular flexibility index (Phi) is 3.57. The highest BCUT2D eigenvalue weighted by Crippen LogP contribution is 2.22. The molecule has 16 heavy (non-hydrogen) atoms. The number of hydrogen-bond donors (Lipinski definition) is 2. The van der Waals surface area contributed by atoms with Crippen molar-refractivity contribution in [1.29, 1.82) is 0 Å². The third-order valence-corrected chi connectivity index (χ3v) is 3.17. The number of nitrogens with one attached hydrogen (secondary N) is 1. The summed E-state index contributed by atoms with van der Waals surface area (Å²) < 4.78 is 0. The van der Waals surface area contributed by atoms with Crippen LogP contribution in [0, 0.1) is 5.92 Å². The number of nitrogens with zero attached hydrogens (tertiary/aromatic N) is 1. The van der Waals surface area contributed by atoms with Gasteiger partial charge in [-0.15, -0.1) is 0 Å². The summed E-state index contributed by atoms with van der Waals surface area (Å²) in [6.07, 6.45) is 0. The predicted octanol–water partition coefficient (Wildman–Crippen LogP) is 0.306. The van der Waals surface area contributed by atoms with E-state index in [2.05, 4.69) is 5.32 Å². The summed E-state index contributed by atoms with van der Waals surface area (Å²) in [6.45, 7) is 8.21. The number of carbonyl (C=O) groups is 2. The van der Waals surface area contributed by atoms with E-state index in [1.54, 1.807) is 0 Å². The molecule has 1 aliphatic heterocycles. The largest absolute Gasteiger partial charge is 0.481 e. The van der Waals surface area contributed by atoms with E-state index in [1.807, 2.05) is 32.6 Å². The molecule has 0 aromatic heterocycles. The Balaban J connectivity index is 2.98. The third kappa shape index (κ3) is 2.35. The van der Waals surface area contributed by atoms with Crippen molar-refractivity contribution in [1.82, 2.24) is 10.2 Å². The summed E-state index contributed by atoms with van der Waals surface area (Å²) in [5.41, 5.74) is -0.654. The summed E-state index contributed by atoms with van der Waals surface area (Å²) >= 11 is 0. The van der Waals surface area contributed by atoms with Crippen LogP contribution in [-0.4, -0.2) is 46.6 Å². The van der Waals surface area contributed by atoms with Gasteiger partial charge in [0.2, 0.25) is 5.91 Å². The van der Waals surface area contributed by atoms with Gasteiger partial charge in [-0.25, -0.2) is 0 Å². The van der Waals surface area contributed by atoms with Gasteiger partial charge in [-0.3, -0.25) is 14.5 Å². The second-order valence-corrected chi connectivity index (χ2v) is 5.05. The molecule has 1 amide bonds. The Morgan fingerprint density at radius 2 is 2.12 bits per heavy atom. The van der Waals surface area contributed by atoms with Crippen molar-refractivity contribution in [3.63, 3.8) is 0 Å². The van der Waals surface area contributed by atoms with Gasteiger partial charge in [-0.05, 0) is 27.7 Å². The van der Waals surface area contributed by atoms with Crippen LogP contribution in [0.15, 0.2) is 0 Å². The zero-order chi connectivity index (χ0) is 12.5. The Labute approximate surface area is 95.8 Å². The number of carboxylic acids is 1. The maximum Gasteiger partial charge on any atom is 0.309 e. The first-order valence-electron chi connectivity index (χ1n) is 5.54. The van der Waals surface area contributed by atoms with Crippen LogP contribution in [0.3, 0.4) is 0 Å². The molecule has 5 heteroatoms. The van der Waals surface area contributed by atoms with E-state index in [1.165, 1.54) is 0 Å². The molecular formula is C11H20N2O3. The molecule has 0 spiro atoms. The lowest BCUT2D eigenvalue weighted by molar-refractivity contribution is -0.142. The van der Waals surface area contributed by atoms with Gasteiger partial charge < -0.3 is 10.4 Å². The first-order valence-corrected chi connectivity index (χ1v) is 5.54. The number of hydrogen-bond acceptors (Lipinski definition) is 3. The van der Waals surface area contributed by atoms with Crippen LogP contribution in [0.5, 0.6) is 0 Å². The molecule has 1 atom stereocenters. The molecule has 0 bridgehead atoms. The van der Waals surface area contributed by atoms with Gasteiger partial charge in [0.25, 0.3) is 0 Å². The molecule has 0 radical (unpaired) electrons. The molecule has 1 heterocycles. The summed E-state index contributed by atoms with van der Waals surface area (Å²) in [5.74, 6) is -1.50. The summed E-state index contributed by atoms with van der Waals surface area (Å²) in [4.78, 5) is 24.8. The van der Waals surface area contributed by atoms with Crippen LogP contribution >= 0.6 is 0 Å². The van der Waals surface area contributed by atoms with E-state index < -0.39 is 17.4 Å². The highest BCUT2D eigenvalue weighted by molar-refractivity contribution is 5.86. The molecular weight excluding hydrogens is 208 g/mol. The molecule has 1 aliphatic rings. The quantitative estimate of drug-likeness (QED) is 0.713. The Morgan fingerprint density at radius 1 is 1.56 bits per heavy atom. The molecule has 92 valence electrons. The van der Waals surface area contributed by atoms with Gasteiger partial charge in [0.1, 0.15) is 0 Å². The Morgan fingerprint density at radius 3 is 2.56 bits per heavy atom. The van der Waals surface area contributed by atoms with E-state index in [-0.39, 0.29) is 18.5 Å². The van der Waals surface area contributed by atoms with Gasteiger partial charge in [-0.1, -0.05) is 0 Å². The van der Waals surface area contributed by atoms with Crippen molar-refractivity contribution < 1.29 is 14.7 Å². The first kappa shape index (κ1) is 13.0. The van der Waals surface area contributed by atoms with E-state index in [4.69, 9.17) is 5.11 Å². The van der Waals surface area contributed by atoms with E-state index in [9.17, 15) is 9.59 Å². The predicted molar refractivity (Wildman–Crippen MR) is 60.1 cm³/mol. The molecule has 1 rings (SSSR count). The number of rotatable bonds is 2. The standard InChI is InChI=1S/C11H20N2O3/c1-7(2)13-6-8(9(14)15)5-12-10(16)11(13,3)4/h7-8H,5-6H2,1-4H3,(H,12,16)(H,14,15). The highest BCUT2D eigenvalue weighted by atomic mass is 16.4. The SMILES string of the molecule is CC(C)N1CC(C(=O)O)CNC(=O)C1(C)C. The average Bonchev–Trinajstić information content (AvgIpc) is 2.25. The number of carbonyl (C=O) groups excluding carboxylic acids is 1. The molecule has 5 nitrogen and oxygen atoms in total. The van der Waals surface area contributed by atoms with Crippen molar-refractivity contribution in [3.05, 3.63) is 0 Å². The summed E-state index contributed by atoms with van der Waals surface area (Å²) in [7, 11) is 0. The van der Waals surface area contributed by atoms with Gasteiger partial charge in [0, 0.05) is 19.1 Å². The van der Waals surface area contributed by atoms with Crippen LogP contribution < -0.4 is 5.32 Å². The molecule has 0 aromatic rings. The van der Waals surface area contributed by atoms with Crippen molar-refractivity contribution in [2.24, 2.45) is 5.92 Å². The Bertz CT molecular complexity index is 300. The van der Waals surface area contributed by atoms with E-state index in [0.717, 1.165) is 0 Å². The zero-order valence-electron chi connectivity index (χ0n) is 10.3. The highest BCUT2D eigenvalue weighted by Gasteiger charge is 2.41. The zero-order valence-corrected chi connectivity index (χ0v) is 10.3. The van der Waals surface area contributed by atoms with Crippen molar-refractivity contribution in [2.75, 3.05) is 13.1 Å². The fourth-order valence-corrected chi connectivity index (χ4v) is 2.11. The maximum absolute atomic E-state index is 11.9. The van der Waals surface area contributed by atoms with Gasteiger partial charge in [0.15, 0.2) is 0 Å². The molecule has 0 saturated carbocycles. The fraction of sp³-hybridized carbons (Fsp3) is 0.818. The normalized spacial score (nSPS) is 26.3. The minimum Gasteiger partial charge on any atom is -0.481 e. The number of amides is 1. The van der Waals surface area contributed by atoms with Crippen LogP contribution in [-0.2, 0) is 9.59 Å². The topological polar surface area (TPSA) is 69.6 Å². The van der Waals surface area contributed by atoms with Crippen LogP contribution in [0.4, 0.5) is 0 Å². The second-order valence-electron chi connectivity index (χ2n) is 5.05. The Hall–Kier alpha value is -1.10. The third-order valence-electron chi connectivity index (χ3n) is 3.17. The van der Waals surface area contributed by atoms with Crippen molar-refractivity contribution >= 4 is 11.9 Å². The molecule has 0 aromatic carbocycles. The summed E-state index contributed by atoms with van der Waals surface area (Å²) in [6, 6.07) is 0.140. The molecule has 0 aliphatic carbocycles. The number of carboxylic acid groups (broad SMARTS) is 1. The molecule has 1 unspecified atom stereocenters. The smallest absolute Gasteiger partial charge is 0.309 e. The van der Waals surface area contributed by atoms with E-state index in [0.29, 0.717) is 6.54 Å². The number of aliphatic carboxylic acids is 1. The molecule has 1 saturated heterocycles. The minimum absolute atomic E-state index is 0.107. The van der Waals surface area contributed by atoms with Gasteiger partial charge in [0.05, 0.1) is 11.5 Å². The van der Waals surface area contributed by atoms with Crippen LogP contribution in [0.25, 0.3) is 0 Å².